The molecule has 0 aliphatic heterocycles. The molecule has 2 aromatic rings. The van der Waals surface area contributed by atoms with Crippen LogP contribution in [0.1, 0.15) is 21.8 Å². The van der Waals surface area contributed by atoms with Crippen molar-refractivity contribution in [2.45, 2.75) is 19.5 Å². The van der Waals surface area contributed by atoms with Gasteiger partial charge in [0, 0.05) is 11.4 Å². The Morgan fingerprint density at radius 2 is 1.70 bits per heavy atom. The Morgan fingerprint density at radius 1 is 1.13 bits per heavy atom. The molecular weight excluding hydrogens is 331 g/mol. The molecule has 2 N–H and O–H groups in total. The maximum atomic E-state index is 12.1. The molecule has 0 fully saturated rings. The van der Waals surface area contributed by atoms with Crippen LogP contribution in [0.4, 0.5) is 24.5 Å². The summed E-state index contributed by atoms with van der Waals surface area (Å²) in [6.07, 6.45) is -6.10. The highest BCUT2D eigenvalue weighted by molar-refractivity contribution is 7.12. The van der Waals surface area contributed by atoms with E-state index in [2.05, 4.69) is 15.6 Å². The molecule has 0 saturated heterocycles. The molecule has 0 bridgehead atoms. The number of nitrogens with zero attached hydrogens (tertiary/aromatic N) is 1. The lowest BCUT2D eigenvalue weighted by atomic mass is 10.2. The number of hydrogen-bond donors (Lipinski definition) is 2. The number of carbonyl (C=O) groups is 2. The number of carbonyl (C=O) groups excluding carboxylic acids is 2. The Morgan fingerprint density at radius 3 is 2.17 bits per heavy atom. The Balaban J connectivity index is 1.96. The number of aryl methyl sites for hydroxylation is 1. The van der Waals surface area contributed by atoms with E-state index < -0.39 is 18.5 Å². The van der Waals surface area contributed by atoms with E-state index in [0.29, 0.717) is 16.3 Å². The van der Waals surface area contributed by atoms with E-state index in [0.717, 1.165) is 0 Å². The maximum absolute atomic E-state index is 12.1. The number of thiazole rings is 1. The Kier molecular flexibility index (Phi) is 4.99. The lowest BCUT2D eigenvalue weighted by molar-refractivity contribution is -0.150. The van der Waals surface area contributed by atoms with E-state index >= 15 is 0 Å². The van der Waals surface area contributed by atoms with Crippen LogP contribution in [0.5, 0.6) is 0 Å². The van der Waals surface area contributed by atoms with Crippen molar-refractivity contribution in [2.75, 3.05) is 10.6 Å². The van der Waals surface area contributed by atoms with Crippen LogP contribution in [0.25, 0.3) is 0 Å². The second-order valence-corrected chi connectivity index (χ2v) is 5.49. The Labute approximate surface area is 133 Å². The average Bonchev–Trinajstić information content (AvgIpc) is 2.85. The van der Waals surface area contributed by atoms with E-state index in [-0.39, 0.29) is 11.6 Å². The zero-order chi connectivity index (χ0) is 17.0. The third-order valence-corrected chi connectivity index (χ3v) is 3.67. The van der Waals surface area contributed by atoms with Crippen LogP contribution in [0.15, 0.2) is 29.8 Å². The van der Waals surface area contributed by atoms with Crippen molar-refractivity contribution < 1.29 is 22.8 Å². The second-order valence-electron chi connectivity index (χ2n) is 4.64. The number of anilines is 2. The van der Waals surface area contributed by atoms with Gasteiger partial charge in [-0.3, -0.25) is 9.59 Å². The molecule has 2 amide bonds. The number of benzene rings is 1. The fraction of sp³-hybridized carbons (Fsp3) is 0.214. The summed E-state index contributed by atoms with van der Waals surface area (Å²) in [5.41, 5.74) is 2.84. The number of aromatic nitrogens is 1. The van der Waals surface area contributed by atoms with Crippen molar-refractivity contribution in [1.82, 2.24) is 4.98 Å². The van der Waals surface area contributed by atoms with Gasteiger partial charge in [0.25, 0.3) is 5.91 Å². The summed E-state index contributed by atoms with van der Waals surface area (Å²) >= 11 is 1.21. The van der Waals surface area contributed by atoms with Crippen molar-refractivity contribution in [2.24, 2.45) is 0 Å². The van der Waals surface area contributed by atoms with Crippen molar-refractivity contribution in [1.29, 1.82) is 0 Å². The molecule has 0 spiro atoms. The first-order valence-electron chi connectivity index (χ1n) is 6.43. The van der Waals surface area contributed by atoms with Crippen LogP contribution in [-0.4, -0.2) is 23.0 Å². The highest BCUT2D eigenvalue weighted by Crippen LogP contribution is 2.21. The summed E-state index contributed by atoms with van der Waals surface area (Å²) in [6.45, 7) is 1.71. The highest BCUT2D eigenvalue weighted by Gasteiger charge is 2.31. The lowest BCUT2D eigenvalue weighted by Crippen LogP contribution is -2.21. The van der Waals surface area contributed by atoms with Gasteiger partial charge in [-0.15, -0.1) is 11.3 Å². The first kappa shape index (κ1) is 16.9. The SMILES string of the molecule is Cc1ncsc1C(=O)Nc1ccc(NC(=O)CC(F)(F)F)cc1. The summed E-state index contributed by atoms with van der Waals surface area (Å²) in [7, 11) is 0. The molecule has 0 aliphatic rings. The van der Waals surface area contributed by atoms with E-state index in [1.165, 1.54) is 35.6 Å². The number of hydrogen-bond acceptors (Lipinski definition) is 4. The summed E-state index contributed by atoms with van der Waals surface area (Å²) in [5, 5.41) is 4.78. The number of rotatable bonds is 4. The first-order chi connectivity index (χ1) is 10.7. The van der Waals surface area contributed by atoms with Gasteiger partial charge in [-0.2, -0.15) is 13.2 Å². The minimum Gasteiger partial charge on any atom is -0.326 e. The van der Waals surface area contributed by atoms with Crippen molar-refractivity contribution in [3.8, 4) is 0 Å². The quantitative estimate of drug-likeness (QED) is 0.891. The van der Waals surface area contributed by atoms with E-state index in [1.807, 2.05) is 0 Å². The normalized spacial score (nSPS) is 11.1. The number of amides is 2. The summed E-state index contributed by atoms with van der Waals surface area (Å²) in [6, 6.07) is 5.78. The van der Waals surface area contributed by atoms with Crippen LogP contribution in [0, 0.1) is 6.92 Å². The molecule has 1 aromatic carbocycles. The number of alkyl halides is 3. The molecule has 0 unspecified atom stereocenters. The largest absolute Gasteiger partial charge is 0.397 e. The Bertz CT molecular complexity index is 711. The molecular formula is C14H12F3N3O2S. The maximum Gasteiger partial charge on any atom is 0.397 e. The standard InChI is InChI=1S/C14H12F3N3O2S/c1-8-12(23-7-18-8)13(22)20-10-4-2-9(3-5-10)19-11(21)6-14(15,16)17/h2-5,7H,6H2,1H3,(H,19,21)(H,20,22). The number of halogens is 3. The fourth-order valence-corrected chi connectivity index (χ4v) is 2.43. The van der Waals surface area contributed by atoms with Crippen molar-refractivity contribution in [3.63, 3.8) is 0 Å². The fourth-order valence-electron chi connectivity index (χ4n) is 1.73. The summed E-state index contributed by atoms with van der Waals surface area (Å²) in [4.78, 5) is 27.6. The van der Waals surface area contributed by atoms with Gasteiger partial charge < -0.3 is 10.6 Å². The van der Waals surface area contributed by atoms with Gasteiger partial charge >= 0.3 is 6.18 Å². The molecule has 0 aliphatic carbocycles. The van der Waals surface area contributed by atoms with Gasteiger partial charge in [-0.1, -0.05) is 0 Å². The predicted octanol–water partition coefficient (Wildman–Crippen LogP) is 3.59. The van der Waals surface area contributed by atoms with Gasteiger partial charge in [0.2, 0.25) is 5.91 Å². The van der Waals surface area contributed by atoms with Gasteiger partial charge in [-0.25, -0.2) is 4.98 Å². The zero-order valence-corrected chi connectivity index (χ0v) is 12.7. The summed E-state index contributed by atoms with van der Waals surface area (Å²) in [5.74, 6) is -1.46. The average molecular weight is 343 g/mol. The van der Waals surface area contributed by atoms with Gasteiger partial charge in [0.1, 0.15) is 11.3 Å². The smallest absolute Gasteiger partial charge is 0.326 e. The van der Waals surface area contributed by atoms with Crippen LogP contribution >= 0.6 is 11.3 Å². The minimum absolute atomic E-state index is 0.214. The third-order valence-electron chi connectivity index (χ3n) is 2.74. The topological polar surface area (TPSA) is 71.1 Å². The summed E-state index contributed by atoms with van der Waals surface area (Å²) < 4.78 is 36.2. The minimum atomic E-state index is -4.55. The van der Waals surface area contributed by atoms with Crippen molar-refractivity contribution >= 4 is 34.5 Å². The van der Waals surface area contributed by atoms with E-state index in [1.54, 1.807) is 12.4 Å². The van der Waals surface area contributed by atoms with Crippen molar-refractivity contribution in [3.05, 3.63) is 40.3 Å². The monoisotopic (exact) mass is 343 g/mol. The molecule has 2 rings (SSSR count). The van der Waals surface area contributed by atoms with Gasteiger partial charge in [0.15, 0.2) is 0 Å². The predicted molar refractivity (Wildman–Crippen MR) is 80.5 cm³/mol. The molecule has 5 nitrogen and oxygen atoms in total. The molecule has 0 saturated carbocycles. The van der Waals surface area contributed by atoms with E-state index in [9.17, 15) is 22.8 Å². The van der Waals surface area contributed by atoms with E-state index in [4.69, 9.17) is 0 Å². The second kappa shape index (κ2) is 6.78. The molecule has 23 heavy (non-hydrogen) atoms. The van der Waals surface area contributed by atoms with Crippen LogP contribution in [0.2, 0.25) is 0 Å². The van der Waals surface area contributed by atoms with Gasteiger partial charge in [-0.05, 0) is 31.2 Å². The van der Waals surface area contributed by atoms with Gasteiger partial charge in [0.05, 0.1) is 11.2 Å². The number of nitrogens with one attached hydrogen (secondary N) is 2. The molecule has 1 aromatic heterocycles. The molecule has 0 atom stereocenters. The van der Waals surface area contributed by atoms with Crippen LogP contribution in [-0.2, 0) is 4.79 Å². The van der Waals surface area contributed by atoms with Crippen LogP contribution in [0.3, 0.4) is 0 Å². The molecule has 122 valence electrons. The van der Waals surface area contributed by atoms with Crippen LogP contribution < -0.4 is 10.6 Å². The molecule has 0 radical (unpaired) electrons. The third kappa shape index (κ3) is 5.06. The first-order valence-corrected chi connectivity index (χ1v) is 7.30. The highest BCUT2D eigenvalue weighted by atomic mass is 32.1. The Hall–Kier alpha value is -2.42. The molecule has 9 heteroatoms. The molecule has 1 heterocycles. The zero-order valence-electron chi connectivity index (χ0n) is 11.9. The lowest BCUT2D eigenvalue weighted by Gasteiger charge is -2.09.